The summed E-state index contributed by atoms with van der Waals surface area (Å²) >= 11 is 0. The maximum absolute atomic E-state index is 6.01. The van der Waals surface area contributed by atoms with Gasteiger partial charge in [0.15, 0.2) is 11.5 Å². The maximum Gasteiger partial charge on any atom is 0.167 e. The van der Waals surface area contributed by atoms with Gasteiger partial charge in [0, 0.05) is 30.2 Å². The average molecular weight is 263 g/mol. The van der Waals surface area contributed by atoms with Crippen LogP contribution in [0.1, 0.15) is 30.4 Å². The predicted octanol–water partition coefficient (Wildman–Crippen LogP) is 1.98. The number of hydrogen-bond acceptors (Lipinski definition) is 4. The van der Waals surface area contributed by atoms with Crippen LogP contribution in [0.2, 0.25) is 0 Å². The van der Waals surface area contributed by atoms with E-state index >= 15 is 0 Å². The molecule has 0 amide bonds. The quantitative estimate of drug-likeness (QED) is 0.902. The highest BCUT2D eigenvalue weighted by atomic mass is 16.6. The molecule has 1 aromatic carbocycles. The molecule has 1 aliphatic heterocycles. The third kappa shape index (κ3) is 1.99. The van der Waals surface area contributed by atoms with Crippen LogP contribution in [0.4, 0.5) is 0 Å². The van der Waals surface area contributed by atoms with Crippen molar-refractivity contribution in [1.82, 2.24) is 0 Å². The summed E-state index contributed by atoms with van der Waals surface area (Å²) in [6.07, 6.45) is 3.53. The molecule has 19 heavy (non-hydrogen) atoms. The zero-order chi connectivity index (χ0) is 13.3. The van der Waals surface area contributed by atoms with Crippen molar-refractivity contribution in [1.29, 1.82) is 0 Å². The van der Waals surface area contributed by atoms with E-state index in [0.717, 1.165) is 29.9 Å². The Labute approximate surface area is 113 Å². The second-order valence-corrected chi connectivity index (χ2v) is 5.40. The van der Waals surface area contributed by atoms with E-state index in [2.05, 4.69) is 12.1 Å². The summed E-state index contributed by atoms with van der Waals surface area (Å²) in [7, 11) is 1.69. The van der Waals surface area contributed by atoms with Gasteiger partial charge in [-0.1, -0.05) is 18.6 Å². The maximum atomic E-state index is 6.01. The van der Waals surface area contributed by atoms with E-state index in [9.17, 15) is 0 Å². The van der Waals surface area contributed by atoms with E-state index in [4.69, 9.17) is 19.9 Å². The Bertz CT molecular complexity index is 463. The Kier molecular flexibility index (Phi) is 3.37. The molecule has 1 aromatic rings. The molecule has 0 bridgehead atoms. The van der Waals surface area contributed by atoms with Crippen LogP contribution in [0.5, 0.6) is 11.5 Å². The molecule has 2 N–H and O–H groups in total. The molecule has 1 fully saturated rings. The minimum absolute atomic E-state index is 0.0936. The molecule has 3 rings (SSSR count). The van der Waals surface area contributed by atoms with Crippen molar-refractivity contribution in [3.63, 3.8) is 0 Å². The van der Waals surface area contributed by atoms with Crippen molar-refractivity contribution >= 4 is 0 Å². The highest BCUT2D eigenvalue weighted by molar-refractivity contribution is 5.56. The van der Waals surface area contributed by atoms with Crippen LogP contribution in [-0.4, -0.2) is 26.9 Å². The Hall–Kier alpha value is -1.26. The van der Waals surface area contributed by atoms with E-state index < -0.39 is 0 Å². The second kappa shape index (κ2) is 5.02. The summed E-state index contributed by atoms with van der Waals surface area (Å²) in [5.74, 6) is 1.75. The Morgan fingerprint density at radius 3 is 2.53 bits per heavy atom. The number of benzene rings is 1. The van der Waals surface area contributed by atoms with Crippen molar-refractivity contribution in [2.24, 2.45) is 5.73 Å². The lowest BCUT2D eigenvalue weighted by atomic mass is 9.64. The third-order valence-corrected chi connectivity index (χ3v) is 4.34. The lowest BCUT2D eigenvalue weighted by Gasteiger charge is -2.43. The summed E-state index contributed by atoms with van der Waals surface area (Å²) in [4.78, 5) is 0. The van der Waals surface area contributed by atoms with Crippen molar-refractivity contribution < 1.29 is 14.2 Å². The van der Waals surface area contributed by atoms with Gasteiger partial charge >= 0.3 is 0 Å². The topological polar surface area (TPSA) is 53.7 Å². The normalized spacial score (nSPS) is 19.9. The van der Waals surface area contributed by atoms with Crippen LogP contribution in [0.25, 0.3) is 0 Å². The van der Waals surface area contributed by atoms with Gasteiger partial charge in [-0.3, -0.25) is 0 Å². The average Bonchev–Trinajstić information content (AvgIpc) is 2.40. The van der Waals surface area contributed by atoms with Gasteiger partial charge in [-0.25, -0.2) is 0 Å². The number of hydrogen-bond donors (Lipinski definition) is 1. The zero-order valence-electron chi connectivity index (χ0n) is 11.4. The van der Waals surface area contributed by atoms with Crippen LogP contribution < -0.4 is 15.2 Å². The van der Waals surface area contributed by atoms with E-state index in [1.807, 2.05) is 0 Å². The van der Waals surface area contributed by atoms with Gasteiger partial charge in [0.25, 0.3) is 0 Å². The van der Waals surface area contributed by atoms with Gasteiger partial charge in [0.1, 0.15) is 13.2 Å². The summed E-state index contributed by atoms with van der Waals surface area (Å²) in [5.41, 5.74) is 8.37. The monoisotopic (exact) mass is 263 g/mol. The molecule has 0 spiro atoms. The largest absolute Gasteiger partial charge is 0.486 e. The first-order valence-corrected chi connectivity index (χ1v) is 6.92. The van der Waals surface area contributed by atoms with Crippen molar-refractivity contribution in [3.05, 3.63) is 23.3 Å². The van der Waals surface area contributed by atoms with Crippen molar-refractivity contribution in [2.45, 2.75) is 31.3 Å². The number of rotatable bonds is 4. The van der Waals surface area contributed by atoms with E-state index in [-0.39, 0.29) is 5.41 Å². The second-order valence-electron chi connectivity index (χ2n) is 5.40. The fourth-order valence-electron chi connectivity index (χ4n) is 3.07. The molecule has 1 saturated carbocycles. The molecule has 0 unspecified atom stereocenters. The molecule has 104 valence electrons. The van der Waals surface area contributed by atoms with Crippen LogP contribution in [-0.2, 0) is 16.8 Å². The molecular formula is C15H21NO3. The third-order valence-electron chi connectivity index (χ3n) is 4.34. The molecule has 2 aliphatic rings. The fraction of sp³-hybridized carbons (Fsp3) is 0.600. The molecule has 1 aliphatic carbocycles. The van der Waals surface area contributed by atoms with Gasteiger partial charge in [-0.2, -0.15) is 0 Å². The molecule has 0 aromatic heterocycles. The van der Waals surface area contributed by atoms with Crippen LogP contribution in [0, 0.1) is 0 Å². The number of methoxy groups -OCH3 is 1. The Morgan fingerprint density at radius 2 is 1.95 bits per heavy atom. The summed E-state index contributed by atoms with van der Waals surface area (Å²) in [6, 6.07) is 4.23. The lowest BCUT2D eigenvalue weighted by Crippen LogP contribution is -2.42. The standard InChI is InChI=1S/C15H21NO3/c1-17-9-11-3-4-12(15(10-16)5-2-6-15)14-13(11)18-7-8-19-14/h3-4H,2,5-10,16H2,1H3. The molecule has 1 heterocycles. The molecule has 4 nitrogen and oxygen atoms in total. The SMILES string of the molecule is COCc1ccc(C2(CN)CCC2)c2c1OCCO2. The summed E-state index contributed by atoms with van der Waals surface area (Å²) in [6.45, 7) is 2.42. The lowest BCUT2D eigenvalue weighted by molar-refractivity contribution is 0.146. The van der Waals surface area contributed by atoms with Crippen LogP contribution >= 0.6 is 0 Å². The first-order chi connectivity index (χ1) is 9.30. The Morgan fingerprint density at radius 1 is 1.21 bits per heavy atom. The molecule has 0 saturated heterocycles. The van der Waals surface area contributed by atoms with Crippen molar-refractivity contribution in [2.75, 3.05) is 26.9 Å². The van der Waals surface area contributed by atoms with E-state index in [1.165, 1.54) is 12.0 Å². The van der Waals surface area contributed by atoms with Gasteiger partial charge in [0.2, 0.25) is 0 Å². The minimum Gasteiger partial charge on any atom is -0.486 e. The molecule has 0 radical (unpaired) electrons. The Balaban J connectivity index is 2.06. The van der Waals surface area contributed by atoms with Gasteiger partial charge in [-0.05, 0) is 12.8 Å². The zero-order valence-corrected chi connectivity index (χ0v) is 11.4. The highest BCUT2D eigenvalue weighted by Gasteiger charge is 2.41. The first-order valence-electron chi connectivity index (χ1n) is 6.92. The van der Waals surface area contributed by atoms with Gasteiger partial charge in [-0.15, -0.1) is 0 Å². The predicted molar refractivity (Wildman–Crippen MR) is 72.7 cm³/mol. The number of fused-ring (bicyclic) bond motifs is 1. The first kappa shape index (κ1) is 12.8. The highest BCUT2D eigenvalue weighted by Crippen LogP contribution is 2.50. The molecule has 4 heteroatoms. The van der Waals surface area contributed by atoms with E-state index in [0.29, 0.717) is 26.4 Å². The summed E-state index contributed by atoms with van der Waals surface area (Å²) < 4.78 is 16.9. The van der Waals surface area contributed by atoms with Crippen molar-refractivity contribution in [3.8, 4) is 11.5 Å². The molecular weight excluding hydrogens is 242 g/mol. The van der Waals surface area contributed by atoms with Crippen LogP contribution in [0.3, 0.4) is 0 Å². The smallest absolute Gasteiger partial charge is 0.167 e. The van der Waals surface area contributed by atoms with Gasteiger partial charge in [0.05, 0.1) is 6.61 Å². The van der Waals surface area contributed by atoms with Gasteiger partial charge < -0.3 is 19.9 Å². The number of nitrogens with two attached hydrogens (primary N) is 1. The number of ether oxygens (including phenoxy) is 3. The summed E-state index contributed by atoms with van der Waals surface area (Å²) in [5, 5.41) is 0. The van der Waals surface area contributed by atoms with Crippen LogP contribution in [0.15, 0.2) is 12.1 Å². The molecule has 0 atom stereocenters. The minimum atomic E-state index is 0.0936. The fourth-order valence-corrected chi connectivity index (χ4v) is 3.07. The van der Waals surface area contributed by atoms with E-state index in [1.54, 1.807) is 7.11 Å².